The van der Waals surface area contributed by atoms with Gasteiger partial charge in [0.05, 0.1) is 5.92 Å². The zero-order valence-corrected chi connectivity index (χ0v) is 5.58. The van der Waals surface area contributed by atoms with Crippen LogP contribution in [0.2, 0.25) is 0 Å². The van der Waals surface area contributed by atoms with E-state index in [4.69, 9.17) is 0 Å². The Morgan fingerprint density at radius 2 is 2.20 bits per heavy atom. The smallest absolute Gasteiger partial charge is 0.226 e. The molecule has 10 heavy (non-hydrogen) atoms. The van der Waals surface area contributed by atoms with E-state index in [2.05, 4.69) is 17.5 Å². The SMILES string of the molecule is O=C1N[C@@H]2[C@H]1[C@@H]1C=C[C@@H]2C1. The van der Waals surface area contributed by atoms with Gasteiger partial charge < -0.3 is 5.32 Å². The zero-order chi connectivity index (χ0) is 6.72. The van der Waals surface area contributed by atoms with Crippen molar-refractivity contribution in [1.82, 2.24) is 5.32 Å². The molecule has 2 bridgehead atoms. The average molecular weight is 135 g/mol. The molecule has 1 N–H and O–H groups in total. The van der Waals surface area contributed by atoms with Gasteiger partial charge in [-0.05, 0) is 18.3 Å². The van der Waals surface area contributed by atoms with Gasteiger partial charge in [-0.25, -0.2) is 0 Å². The Kier molecular flexibility index (Phi) is 0.636. The molecule has 0 aromatic rings. The van der Waals surface area contributed by atoms with Crippen molar-refractivity contribution in [1.29, 1.82) is 0 Å². The van der Waals surface area contributed by atoms with Crippen molar-refractivity contribution in [2.24, 2.45) is 17.8 Å². The molecule has 1 heterocycles. The monoisotopic (exact) mass is 135 g/mol. The topological polar surface area (TPSA) is 29.1 Å². The van der Waals surface area contributed by atoms with Crippen molar-refractivity contribution in [3.05, 3.63) is 12.2 Å². The highest BCUT2D eigenvalue weighted by Crippen LogP contribution is 2.47. The third-order valence-electron chi connectivity index (χ3n) is 3.07. The van der Waals surface area contributed by atoms with Crippen LogP contribution in [0.25, 0.3) is 0 Å². The number of carbonyl (C=O) groups excluding carboxylic acids is 1. The summed E-state index contributed by atoms with van der Waals surface area (Å²) in [6.07, 6.45) is 5.68. The highest BCUT2D eigenvalue weighted by atomic mass is 16.2. The first-order chi connectivity index (χ1) is 4.86. The van der Waals surface area contributed by atoms with E-state index < -0.39 is 0 Å². The Morgan fingerprint density at radius 3 is 2.80 bits per heavy atom. The molecule has 1 saturated carbocycles. The Bertz CT molecular complexity index is 233. The lowest BCUT2D eigenvalue weighted by Gasteiger charge is -2.37. The van der Waals surface area contributed by atoms with Gasteiger partial charge in [0.2, 0.25) is 5.91 Å². The van der Waals surface area contributed by atoms with Gasteiger partial charge >= 0.3 is 0 Å². The number of hydrogen-bond acceptors (Lipinski definition) is 1. The number of hydrogen-bond donors (Lipinski definition) is 1. The summed E-state index contributed by atoms with van der Waals surface area (Å²) in [5.74, 6) is 1.90. The van der Waals surface area contributed by atoms with Crippen LogP contribution in [-0.4, -0.2) is 11.9 Å². The van der Waals surface area contributed by atoms with E-state index >= 15 is 0 Å². The fraction of sp³-hybridized carbons (Fsp3) is 0.625. The van der Waals surface area contributed by atoms with Crippen LogP contribution in [0.3, 0.4) is 0 Å². The van der Waals surface area contributed by atoms with Crippen molar-refractivity contribution in [3.63, 3.8) is 0 Å². The fourth-order valence-electron chi connectivity index (χ4n) is 2.54. The van der Waals surface area contributed by atoms with Crippen molar-refractivity contribution < 1.29 is 4.79 Å². The van der Waals surface area contributed by atoms with Crippen molar-refractivity contribution in [3.8, 4) is 0 Å². The van der Waals surface area contributed by atoms with E-state index in [0.717, 1.165) is 0 Å². The molecule has 1 amide bonds. The predicted molar refractivity (Wildman–Crippen MR) is 36.2 cm³/mol. The van der Waals surface area contributed by atoms with Gasteiger partial charge in [-0.2, -0.15) is 0 Å². The minimum absolute atomic E-state index is 0.279. The molecule has 1 saturated heterocycles. The molecule has 0 aromatic carbocycles. The van der Waals surface area contributed by atoms with Gasteiger partial charge in [-0.15, -0.1) is 0 Å². The summed E-state index contributed by atoms with van der Waals surface area (Å²) < 4.78 is 0. The Morgan fingerprint density at radius 1 is 1.40 bits per heavy atom. The second kappa shape index (κ2) is 1.29. The zero-order valence-electron chi connectivity index (χ0n) is 5.58. The maximum Gasteiger partial charge on any atom is 0.226 e. The van der Waals surface area contributed by atoms with E-state index in [9.17, 15) is 4.79 Å². The summed E-state index contributed by atoms with van der Waals surface area (Å²) in [5.41, 5.74) is 0. The van der Waals surface area contributed by atoms with Crippen LogP contribution in [0.5, 0.6) is 0 Å². The van der Waals surface area contributed by atoms with Crippen molar-refractivity contribution in [2.45, 2.75) is 12.5 Å². The second-order valence-electron chi connectivity index (χ2n) is 3.51. The molecule has 4 atom stereocenters. The summed E-state index contributed by atoms with van der Waals surface area (Å²) in [4.78, 5) is 11.0. The third-order valence-corrected chi connectivity index (χ3v) is 3.07. The first-order valence-electron chi connectivity index (χ1n) is 3.85. The average Bonchev–Trinajstić information content (AvgIpc) is 2.40. The summed E-state index contributed by atoms with van der Waals surface area (Å²) >= 11 is 0. The summed E-state index contributed by atoms with van der Waals surface area (Å²) in [5, 5.41) is 2.95. The molecule has 0 aromatic heterocycles. The van der Waals surface area contributed by atoms with Crippen LogP contribution in [-0.2, 0) is 4.79 Å². The van der Waals surface area contributed by atoms with Gasteiger partial charge in [-0.1, -0.05) is 12.2 Å². The van der Waals surface area contributed by atoms with Crippen molar-refractivity contribution in [2.75, 3.05) is 0 Å². The van der Waals surface area contributed by atoms with Crippen LogP contribution >= 0.6 is 0 Å². The maximum absolute atomic E-state index is 11.0. The summed E-state index contributed by atoms with van der Waals surface area (Å²) in [7, 11) is 0. The Hall–Kier alpha value is -0.790. The van der Waals surface area contributed by atoms with E-state index in [1.165, 1.54) is 6.42 Å². The van der Waals surface area contributed by atoms with Crippen LogP contribution in [0.1, 0.15) is 6.42 Å². The molecular weight excluding hydrogens is 126 g/mol. The van der Waals surface area contributed by atoms with Gasteiger partial charge in [0, 0.05) is 6.04 Å². The van der Waals surface area contributed by atoms with Crippen molar-refractivity contribution >= 4 is 5.91 Å². The van der Waals surface area contributed by atoms with Crippen LogP contribution in [0.15, 0.2) is 12.2 Å². The Balaban J connectivity index is 2.03. The molecular formula is C8H9NO. The number of allylic oxidation sites excluding steroid dienone is 1. The van der Waals surface area contributed by atoms with E-state index in [0.29, 0.717) is 23.8 Å². The standard InChI is InChI=1S/C8H9NO/c10-8-6-4-1-2-5(3-4)7(6)9-8/h1-2,4-7H,3H2,(H,9,10)/t4-,5-,6-,7+/m1/s1. The lowest BCUT2D eigenvalue weighted by atomic mass is 9.82. The lowest BCUT2D eigenvalue weighted by molar-refractivity contribution is -0.135. The molecule has 3 rings (SSSR count). The minimum Gasteiger partial charge on any atom is -0.352 e. The fourth-order valence-corrected chi connectivity index (χ4v) is 2.54. The number of amides is 1. The highest BCUT2D eigenvalue weighted by molar-refractivity contribution is 5.87. The lowest BCUT2D eigenvalue weighted by Crippen LogP contribution is -2.59. The first-order valence-corrected chi connectivity index (χ1v) is 3.85. The van der Waals surface area contributed by atoms with Gasteiger partial charge in [0.1, 0.15) is 0 Å². The van der Waals surface area contributed by atoms with E-state index in [1.807, 2.05) is 0 Å². The maximum atomic E-state index is 11.0. The summed E-state index contributed by atoms with van der Waals surface area (Å²) in [6, 6.07) is 0.516. The van der Waals surface area contributed by atoms with Gasteiger partial charge in [-0.3, -0.25) is 4.79 Å². The number of β-lactam (4-membered cyclic amide) rings is 1. The number of rotatable bonds is 0. The van der Waals surface area contributed by atoms with Crippen LogP contribution in [0.4, 0.5) is 0 Å². The quantitative estimate of drug-likeness (QED) is 0.376. The molecule has 0 spiro atoms. The molecule has 2 heteroatoms. The van der Waals surface area contributed by atoms with Crippen LogP contribution < -0.4 is 5.32 Å². The number of carbonyl (C=O) groups is 1. The van der Waals surface area contributed by atoms with Gasteiger partial charge in [0.25, 0.3) is 0 Å². The molecule has 2 fully saturated rings. The molecule has 0 radical (unpaired) electrons. The van der Waals surface area contributed by atoms with E-state index in [1.54, 1.807) is 0 Å². The van der Waals surface area contributed by atoms with Crippen LogP contribution in [0, 0.1) is 17.8 Å². The number of fused-ring (bicyclic) bond motifs is 5. The normalized spacial score (nSPS) is 54.2. The largest absolute Gasteiger partial charge is 0.352 e. The number of nitrogens with one attached hydrogen (secondary N) is 1. The molecule has 52 valence electrons. The first kappa shape index (κ1) is 4.94. The molecule has 2 nitrogen and oxygen atoms in total. The molecule has 2 aliphatic carbocycles. The third kappa shape index (κ3) is 0.349. The Labute approximate surface area is 59.3 Å². The molecule has 0 unspecified atom stereocenters. The predicted octanol–water partition coefficient (Wildman–Crippen LogP) is 0.307. The minimum atomic E-state index is 0.279. The second-order valence-corrected chi connectivity index (χ2v) is 3.51. The summed E-state index contributed by atoms with van der Waals surface area (Å²) in [6.45, 7) is 0. The molecule has 3 aliphatic rings. The van der Waals surface area contributed by atoms with E-state index in [-0.39, 0.29) is 5.91 Å². The van der Waals surface area contributed by atoms with Gasteiger partial charge in [0.15, 0.2) is 0 Å². The highest BCUT2D eigenvalue weighted by Gasteiger charge is 2.54. The molecule has 1 aliphatic heterocycles.